The Morgan fingerprint density at radius 1 is 1.09 bits per heavy atom. The molecule has 8 heteroatoms. The molecule has 0 radical (unpaired) electrons. The average Bonchev–Trinajstić information content (AvgIpc) is 2.47. The Labute approximate surface area is 120 Å². The van der Waals surface area contributed by atoms with Gasteiger partial charge in [0, 0.05) is 6.07 Å². The Kier molecular flexibility index (Phi) is 2.94. The van der Waals surface area contributed by atoms with Crippen LogP contribution in [-0.2, 0) is 0 Å². The Hall–Kier alpha value is -3.16. The number of nitrogens with zero attached hydrogens (tertiary/aromatic N) is 1. The molecule has 2 aromatic carbocycles. The van der Waals surface area contributed by atoms with Crippen molar-refractivity contribution in [2.45, 2.75) is 0 Å². The summed E-state index contributed by atoms with van der Waals surface area (Å²) in [6.45, 7) is 0. The quantitative estimate of drug-likeness (QED) is 0.514. The van der Waals surface area contributed by atoms with Crippen molar-refractivity contribution in [2.75, 3.05) is 0 Å². The van der Waals surface area contributed by atoms with Gasteiger partial charge in [-0.15, -0.1) is 0 Å². The van der Waals surface area contributed by atoms with Crippen LogP contribution < -0.4 is 5.56 Å². The highest BCUT2D eigenvalue weighted by Gasteiger charge is 2.18. The fraction of sp³-hybridized carbons (Fsp3) is 0. The third-order valence-corrected chi connectivity index (χ3v) is 3.13. The van der Waals surface area contributed by atoms with E-state index >= 15 is 0 Å². The van der Waals surface area contributed by atoms with E-state index in [2.05, 4.69) is 9.97 Å². The molecule has 6 nitrogen and oxygen atoms in total. The molecule has 0 saturated heterocycles. The third-order valence-electron chi connectivity index (χ3n) is 3.13. The summed E-state index contributed by atoms with van der Waals surface area (Å²) in [6.07, 6.45) is 0. The van der Waals surface area contributed by atoms with Crippen LogP contribution in [0.2, 0.25) is 0 Å². The van der Waals surface area contributed by atoms with Crippen LogP contribution >= 0.6 is 0 Å². The fourth-order valence-electron chi connectivity index (χ4n) is 2.08. The number of hydrogen-bond donors (Lipinski definition) is 4. The van der Waals surface area contributed by atoms with Gasteiger partial charge < -0.3 is 20.3 Å². The van der Waals surface area contributed by atoms with E-state index in [1.54, 1.807) is 0 Å². The maximum atomic E-state index is 13.8. The van der Waals surface area contributed by atoms with Gasteiger partial charge >= 0.3 is 0 Å². The molecule has 0 spiro atoms. The van der Waals surface area contributed by atoms with E-state index in [0.717, 1.165) is 12.1 Å². The predicted octanol–water partition coefficient (Wildman–Crippen LogP) is 1.99. The molecule has 3 rings (SSSR count). The van der Waals surface area contributed by atoms with Crippen molar-refractivity contribution in [1.82, 2.24) is 9.97 Å². The van der Waals surface area contributed by atoms with Gasteiger partial charge in [-0.25, -0.2) is 13.8 Å². The van der Waals surface area contributed by atoms with Crippen molar-refractivity contribution in [3.63, 3.8) is 0 Å². The standard InChI is InChI=1S/C14H8F2N2O4/c15-6-3-1-2-5(10(6)16)13-17-7-4-8(19)11(20)12(21)9(7)14(22)18-13/h1-4,19-21H,(H,17,18,22). The van der Waals surface area contributed by atoms with Crippen LogP contribution in [0.1, 0.15) is 0 Å². The van der Waals surface area contributed by atoms with E-state index in [4.69, 9.17) is 0 Å². The first-order valence-electron chi connectivity index (χ1n) is 6.02. The lowest BCUT2D eigenvalue weighted by atomic mass is 10.1. The third kappa shape index (κ3) is 1.93. The summed E-state index contributed by atoms with van der Waals surface area (Å²) in [5.41, 5.74) is -1.35. The molecule has 1 aromatic heterocycles. The number of H-pyrrole nitrogens is 1. The van der Waals surface area contributed by atoms with Gasteiger partial charge in [0.15, 0.2) is 23.1 Å². The predicted molar refractivity (Wildman–Crippen MR) is 72.7 cm³/mol. The maximum Gasteiger partial charge on any atom is 0.262 e. The molecule has 0 bridgehead atoms. The molecule has 0 aliphatic heterocycles. The van der Waals surface area contributed by atoms with Gasteiger partial charge in [-0.2, -0.15) is 0 Å². The highest BCUT2D eigenvalue weighted by molar-refractivity contribution is 5.89. The molecule has 0 aliphatic rings. The lowest BCUT2D eigenvalue weighted by molar-refractivity contribution is 0.371. The lowest BCUT2D eigenvalue weighted by Crippen LogP contribution is -2.10. The Morgan fingerprint density at radius 2 is 1.82 bits per heavy atom. The number of nitrogens with one attached hydrogen (secondary N) is 1. The minimum atomic E-state index is -1.20. The largest absolute Gasteiger partial charge is 0.504 e. The highest BCUT2D eigenvalue weighted by Crippen LogP contribution is 2.39. The molecule has 3 aromatic rings. The molecule has 0 fully saturated rings. The Balaban J connectivity index is 2.37. The number of halogens is 2. The summed E-state index contributed by atoms with van der Waals surface area (Å²) >= 11 is 0. The van der Waals surface area contributed by atoms with Gasteiger partial charge in [-0.05, 0) is 12.1 Å². The molecule has 0 amide bonds. The summed E-state index contributed by atoms with van der Waals surface area (Å²) in [6, 6.07) is 4.29. The van der Waals surface area contributed by atoms with Gasteiger partial charge in [-0.3, -0.25) is 4.79 Å². The molecule has 0 atom stereocenters. The second-order valence-corrected chi connectivity index (χ2v) is 4.50. The zero-order valence-electron chi connectivity index (χ0n) is 10.8. The van der Waals surface area contributed by atoms with Crippen LogP contribution in [0.4, 0.5) is 8.78 Å². The number of rotatable bonds is 1. The number of aromatic nitrogens is 2. The summed E-state index contributed by atoms with van der Waals surface area (Å²) in [5, 5.41) is 28.2. The van der Waals surface area contributed by atoms with Gasteiger partial charge in [0.1, 0.15) is 11.2 Å². The average molecular weight is 306 g/mol. The van der Waals surface area contributed by atoms with Crippen LogP contribution in [0.15, 0.2) is 29.1 Å². The maximum absolute atomic E-state index is 13.8. The molecular formula is C14H8F2N2O4. The van der Waals surface area contributed by atoms with Crippen molar-refractivity contribution in [3.8, 4) is 28.6 Å². The number of benzene rings is 2. The zero-order valence-corrected chi connectivity index (χ0v) is 10.8. The molecule has 22 heavy (non-hydrogen) atoms. The van der Waals surface area contributed by atoms with Crippen molar-refractivity contribution in [1.29, 1.82) is 0 Å². The number of phenols is 3. The van der Waals surface area contributed by atoms with E-state index in [1.165, 1.54) is 12.1 Å². The number of aromatic hydroxyl groups is 3. The first-order chi connectivity index (χ1) is 10.4. The van der Waals surface area contributed by atoms with Crippen molar-refractivity contribution in [2.24, 2.45) is 0 Å². The summed E-state index contributed by atoms with van der Waals surface area (Å²) < 4.78 is 27.0. The van der Waals surface area contributed by atoms with Gasteiger partial charge in [0.05, 0.1) is 11.1 Å². The number of hydrogen-bond acceptors (Lipinski definition) is 5. The van der Waals surface area contributed by atoms with E-state index in [9.17, 15) is 28.9 Å². The fourth-order valence-corrected chi connectivity index (χ4v) is 2.08. The first kappa shape index (κ1) is 13.8. The normalized spacial score (nSPS) is 11.0. The minimum absolute atomic E-state index is 0.185. The first-order valence-corrected chi connectivity index (χ1v) is 6.02. The monoisotopic (exact) mass is 306 g/mol. The van der Waals surface area contributed by atoms with E-state index in [1.807, 2.05) is 0 Å². The van der Waals surface area contributed by atoms with Crippen molar-refractivity contribution >= 4 is 10.9 Å². The molecule has 112 valence electrons. The Morgan fingerprint density at radius 3 is 2.55 bits per heavy atom. The minimum Gasteiger partial charge on any atom is -0.504 e. The Bertz CT molecular complexity index is 969. The van der Waals surface area contributed by atoms with Crippen LogP contribution in [-0.4, -0.2) is 25.3 Å². The van der Waals surface area contributed by atoms with Crippen LogP contribution in [0.3, 0.4) is 0 Å². The molecule has 0 aliphatic carbocycles. The van der Waals surface area contributed by atoms with Gasteiger partial charge in [0.2, 0.25) is 5.75 Å². The molecule has 0 unspecified atom stereocenters. The SMILES string of the molecule is O=c1[nH]c(-c2cccc(F)c2F)nc2cc(O)c(O)c(O)c12. The highest BCUT2D eigenvalue weighted by atomic mass is 19.2. The summed E-state index contributed by atoms with van der Waals surface area (Å²) in [5.74, 6) is -5.01. The molecular weight excluding hydrogens is 298 g/mol. The van der Waals surface area contributed by atoms with Crippen LogP contribution in [0.5, 0.6) is 17.2 Å². The van der Waals surface area contributed by atoms with E-state index in [0.29, 0.717) is 0 Å². The smallest absolute Gasteiger partial charge is 0.262 e. The topological polar surface area (TPSA) is 106 Å². The number of aromatic amines is 1. The second kappa shape index (κ2) is 4.69. The molecule has 4 N–H and O–H groups in total. The summed E-state index contributed by atoms with van der Waals surface area (Å²) in [7, 11) is 0. The van der Waals surface area contributed by atoms with E-state index < -0.39 is 34.4 Å². The van der Waals surface area contributed by atoms with Crippen molar-refractivity contribution < 1.29 is 24.1 Å². The van der Waals surface area contributed by atoms with Gasteiger partial charge in [0.25, 0.3) is 5.56 Å². The zero-order chi connectivity index (χ0) is 16.0. The summed E-state index contributed by atoms with van der Waals surface area (Å²) in [4.78, 5) is 18.1. The molecule has 0 saturated carbocycles. The second-order valence-electron chi connectivity index (χ2n) is 4.50. The van der Waals surface area contributed by atoms with E-state index in [-0.39, 0.29) is 22.3 Å². The molecule has 1 heterocycles. The number of phenolic OH excluding ortho intramolecular Hbond substituents is 3. The lowest BCUT2D eigenvalue weighted by Gasteiger charge is -2.07. The number of fused-ring (bicyclic) bond motifs is 1. The van der Waals surface area contributed by atoms with Crippen molar-refractivity contribution in [3.05, 3.63) is 46.3 Å². The van der Waals surface area contributed by atoms with Crippen LogP contribution in [0.25, 0.3) is 22.3 Å². The van der Waals surface area contributed by atoms with Crippen LogP contribution in [0, 0.1) is 11.6 Å². The van der Waals surface area contributed by atoms with Gasteiger partial charge in [-0.1, -0.05) is 6.07 Å².